The first-order chi connectivity index (χ1) is 11.0. The Bertz CT molecular complexity index is 585. The number of amides is 1. The molecule has 0 saturated carbocycles. The van der Waals surface area contributed by atoms with Gasteiger partial charge in [0.25, 0.3) is 0 Å². The van der Waals surface area contributed by atoms with Gasteiger partial charge in [-0.3, -0.25) is 14.4 Å². The Morgan fingerprint density at radius 3 is 2.70 bits per heavy atom. The molecule has 2 unspecified atom stereocenters. The highest BCUT2D eigenvalue weighted by Crippen LogP contribution is 2.38. The van der Waals surface area contributed by atoms with Gasteiger partial charge in [-0.15, -0.1) is 0 Å². The Morgan fingerprint density at radius 2 is 2.04 bits per heavy atom. The van der Waals surface area contributed by atoms with Crippen LogP contribution >= 0.6 is 11.6 Å². The van der Waals surface area contributed by atoms with Crippen LogP contribution in [0.2, 0.25) is 5.15 Å². The van der Waals surface area contributed by atoms with Gasteiger partial charge in [0.1, 0.15) is 5.15 Å². The second-order valence-electron chi connectivity index (χ2n) is 6.74. The Balaban J connectivity index is 1.85. The molecule has 2 atom stereocenters. The number of carbonyl (C=O) groups excluding carboxylic acids is 1. The van der Waals surface area contributed by atoms with Gasteiger partial charge in [-0.05, 0) is 45.7 Å². The van der Waals surface area contributed by atoms with Gasteiger partial charge in [0.05, 0.1) is 17.8 Å². The number of aromatic nitrogens is 2. The molecule has 3 heterocycles. The van der Waals surface area contributed by atoms with Gasteiger partial charge >= 0.3 is 0 Å². The minimum atomic E-state index is 0.0464. The van der Waals surface area contributed by atoms with Gasteiger partial charge in [0, 0.05) is 19.2 Å². The molecule has 2 saturated heterocycles. The average Bonchev–Trinajstić information content (AvgIpc) is 3.11. The van der Waals surface area contributed by atoms with Crippen molar-refractivity contribution in [1.29, 1.82) is 0 Å². The summed E-state index contributed by atoms with van der Waals surface area (Å²) in [5.41, 5.74) is 1.98. The van der Waals surface area contributed by atoms with Crippen molar-refractivity contribution in [3.8, 4) is 0 Å². The molecule has 0 radical (unpaired) electrons. The summed E-state index contributed by atoms with van der Waals surface area (Å²) in [5.74, 6) is 0.286. The fourth-order valence-corrected chi connectivity index (χ4v) is 4.50. The van der Waals surface area contributed by atoms with Crippen molar-refractivity contribution in [2.24, 2.45) is 7.05 Å². The third-order valence-corrected chi connectivity index (χ3v) is 5.82. The molecule has 1 aromatic heterocycles. The lowest BCUT2D eigenvalue weighted by atomic mass is 9.99. The molecule has 0 aliphatic carbocycles. The van der Waals surface area contributed by atoms with Crippen LogP contribution in [0.3, 0.4) is 0 Å². The largest absolute Gasteiger partial charge is 0.334 e. The first kappa shape index (κ1) is 16.8. The smallest absolute Gasteiger partial charge is 0.240 e. The number of likely N-dealkylation sites (tertiary alicyclic amines) is 2. The molecule has 128 valence electrons. The predicted molar refractivity (Wildman–Crippen MR) is 91.5 cm³/mol. The molecule has 2 aliphatic heterocycles. The first-order valence-electron chi connectivity index (χ1n) is 8.78. The SMILES string of the molecule is CCN1CCCCC1C(=O)N1CCCC1c1c(C)nn(C)c1Cl. The summed E-state index contributed by atoms with van der Waals surface area (Å²) in [5, 5.41) is 5.10. The quantitative estimate of drug-likeness (QED) is 0.851. The van der Waals surface area contributed by atoms with E-state index in [1.54, 1.807) is 4.68 Å². The van der Waals surface area contributed by atoms with Gasteiger partial charge in [0.2, 0.25) is 5.91 Å². The van der Waals surface area contributed by atoms with E-state index in [0.717, 1.165) is 56.6 Å². The van der Waals surface area contributed by atoms with Crippen LogP contribution < -0.4 is 0 Å². The number of hydrogen-bond acceptors (Lipinski definition) is 3. The van der Waals surface area contributed by atoms with Crippen molar-refractivity contribution in [3.05, 3.63) is 16.4 Å². The number of piperidine rings is 1. The van der Waals surface area contributed by atoms with Crippen LogP contribution in [0.1, 0.15) is 56.3 Å². The monoisotopic (exact) mass is 338 g/mol. The summed E-state index contributed by atoms with van der Waals surface area (Å²) in [6.07, 6.45) is 5.36. The van der Waals surface area contributed by atoms with E-state index in [-0.39, 0.29) is 18.0 Å². The van der Waals surface area contributed by atoms with Gasteiger partial charge in [-0.2, -0.15) is 5.10 Å². The van der Waals surface area contributed by atoms with Crippen LogP contribution in [0.25, 0.3) is 0 Å². The average molecular weight is 339 g/mol. The number of halogens is 1. The summed E-state index contributed by atoms with van der Waals surface area (Å²) in [7, 11) is 1.86. The maximum absolute atomic E-state index is 13.2. The summed E-state index contributed by atoms with van der Waals surface area (Å²) in [6, 6.07) is 0.134. The summed E-state index contributed by atoms with van der Waals surface area (Å²) in [6.45, 7) is 6.96. The Kier molecular flexibility index (Phi) is 4.97. The van der Waals surface area contributed by atoms with Crippen molar-refractivity contribution < 1.29 is 4.79 Å². The van der Waals surface area contributed by atoms with Gasteiger partial charge < -0.3 is 4.90 Å². The number of hydrogen-bond donors (Lipinski definition) is 0. The van der Waals surface area contributed by atoms with E-state index >= 15 is 0 Å². The highest BCUT2D eigenvalue weighted by Gasteiger charge is 2.39. The number of likely N-dealkylation sites (N-methyl/N-ethyl adjacent to an activating group) is 1. The van der Waals surface area contributed by atoms with E-state index in [1.165, 1.54) is 6.42 Å². The van der Waals surface area contributed by atoms with Crippen molar-refractivity contribution in [2.45, 2.75) is 58.0 Å². The standard InChI is InChI=1S/C17H27ClN4O/c1-4-21-10-6-5-8-14(21)17(23)22-11-7-9-13(22)15-12(2)19-20(3)16(15)18/h13-14H,4-11H2,1-3H3. The molecule has 1 aromatic rings. The van der Waals surface area contributed by atoms with E-state index in [9.17, 15) is 4.79 Å². The molecule has 0 aromatic carbocycles. The lowest BCUT2D eigenvalue weighted by Gasteiger charge is -2.37. The van der Waals surface area contributed by atoms with E-state index < -0.39 is 0 Å². The Labute approximate surface area is 143 Å². The number of carbonyl (C=O) groups is 1. The first-order valence-corrected chi connectivity index (χ1v) is 9.16. The maximum Gasteiger partial charge on any atom is 0.240 e. The third kappa shape index (κ3) is 3.01. The number of aryl methyl sites for hydroxylation is 2. The van der Waals surface area contributed by atoms with Crippen molar-refractivity contribution >= 4 is 17.5 Å². The zero-order chi connectivity index (χ0) is 16.6. The molecule has 23 heavy (non-hydrogen) atoms. The predicted octanol–water partition coefficient (Wildman–Crippen LogP) is 2.92. The molecular formula is C17H27ClN4O. The second kappa shape index (κ2) is 6.81. The fraction of sp³-hybridized carbons (Fsp3) is 0.765. The summed E-state index contributed by atoms with van der Waals surface area (Å²) >= 11 is 6.46. The molecule has 0 N–H and O–H groups in total. The Hall–Kier alpha value is -1.07. The lowest BCUT2D eigenvalue weighted by Crippen LogP contribution is -2.50. The molecule has 2 fully saturated rings. The van der Waals surface area contributed by atoms with Crippen molar-refractivity contribution in [2.75, 3.05) is 19.6 Å². The highest BCUT2D eigenvalue weighted by atomic mass is 35.5. The van der Waals surface area contributed by atoms with Crippen molar-refractivity contribution in [3.63, 3.8) is 0 Å². The van der Waals surface area contributed by atoms with Crippen LogP contribution in [0.5, 0.6) is 0 Å². The minimum Gasteiger partial charge on any atom is -0.334 e. The van der Waals surface area contributed by atoms with Gasteiger partial charge in [-0.1, -0.05) is 24.9 Å². The molecule has 5 nitrogen and oxygen atoms in total. The zero-order valence-corrected chi connectivity index (χ0v) is 15.1. The van der Waals surface area contributed by atoms with Crippen molar-refractivity contribution in [1.82, 2.24) is 19.6 Å². The normalized spacial score (nSPS) is 26.0. The van der Waals surface area contributed by atoms with E-state index in [1.807, 2.05) is 14.0 Å². The second-order valence-corrected chi connectivity index (χ2v) is 7.10. The zero-order valence-electron chi connectivity index (χ0n) is 14.4. The Morgan fingerprint density at radius 1 is 1.26 bits per heavy atom. The van der Waals surface area contributed by atoms with Gasteiger partial charge in [0.15, 0.2) is 0 Å². The summed E-state index contributed by atoms with van der Waals surface area (Å²) in [4.78, 5) is 17.6. The van der Waals surface area contributed by atoms with Gasteiger partial charge in [-0.25, -0.2) is 0 Å². The maximum atomic E-state index is 13.2. The van der Waals surface area contributed by atoms with Crippen LogP contribution in [0.15, 0.2) is 0 Å². The third-order valence-electron chi connectivity index (χ3n) is 5.37. The molecular weight excluding hydrogens is 312 g/mol. The highest BCUT2D eigenvalue weighted by molar-refractivity contribution is 6.30. The topological polar surface area (TPSA) is 41.4 Å². The summed E-state index contributed by atoms with van der Waals surface area (Å²) < 4.78 is 1.71. The van der Waals surface area contributed by atoms with E-state index in [4.69, 9.17) is 11.6 Å². The van der Waals surface area contributed by atoms with Crippen LogP contribution in [-0.2, 0) is 11.8 Å². The molecule has 2 aliphatic rings. The number of rotatable bonds is 3. The molecule has 6 heteroatoms. The van der Waals surface area contributed by atoms with Crippen LogP contribution in [0.4, 0.5) is 0 Å². The fourth-order valence-electron chi connectivity index (χ4n) is 4.20. The molecule has 1 amide bonds. The van der Waals surface area contributed by atoms with Crippen LogP contribution in [-0.4, -0.2) is 51.2 Å². The number of nitrogens with zero attached hydrogens (tertiary/aromatic N) is 4. The molecule has 0 spiro atoms. The van der Waals surface area contributed by atoms with Crippen LogP contribution in [0, 0.1) is 6.92 Å². The molecule has 3 rings (SSSR count). The minimum absolute atomic E-state index is 0.0464. The van der Waals surface area contributed by atoms with E-state index in [2.05, 4.69) is 21.8 Å². The molecule has 0 bridgehead atoms. The van der Waals surface area contributed by atoms with E-state index in [0.29, 0.717) is 5.15 Å². The lowest BCUT2D eigenvalue weighted by molar-refractivity contribution is -0.139.